The minimum atomic E-state index is -0.589. The summed E-state index contributed by atoms with van der Waals surface area (Å²) in [6.45, 7) is 1.81. The van der Waals surface area contributed by atoms with E-state index in [9.17, 15) is 14.0 Å². The van der Waals surface area contributed by atoms with Crippen molar-refractivity contribution < 1.29 is 18.7 Å². The Morgan fingerprint density at radius 3 is 2.61 bits per heavy atom. The number of nitrogens with one attached hydrogen (secondary N) is 1. The van der Waals surface area contributed by atoms with Crippen LogP contribution in [0.3, 0.4) is 0 Å². The number of para-hydroxylation sites is 1. The molecule has 3 aromatic rings. The SMILES string of the molecule is C[C@@H]1CCCC[C@@H]1NC(=O)COC(=O)c1cc(-c2ccc(F)cc2)nc2ccccc12. The monoisotopic (exact) mass is 420 g/mol. The molecule has 1 heterocycles. The van der Waals surface area contributed by atoms with E-state index < -0.39 is 5.97 Å². The van der Waals surface area contributed by atoms with Gasteiger partial charge in [0.15, 0.2) is 6.61 Å². The lowest BCUT2D eigenvalue weighted by molar-refractivity contribution is -0.125. The van der Waals surface area contributed by atoms with Crippen molar-refractivity contribution in [3.63, 3.8) is 0 Å². The summed E-state index contributed by atoms with van der Waals surface area (Å²) in [5.74, 6) is -0.795. The van der Waals surface area contributed by atoms with Gasteiger partial charge in [-0.2, -0.15) is 0 Å². The predicted octanol–water partition coefficient (Wildman–Crippen LogP) is 4.89. The van der Waals surface area contributed by atoms with Gasteiger partial charge in [-0.05, 0) is 55.2 Å². The largest absolute Gasteiger partial charge is 0.452 e. The van der Waals surface area contributed by atoms with E-state index in [-0.39, 0.29) is 24.4 Å². The van der Waals surface area contributed by atoms with Gasteiger partial charge in [0.05, 0.1) is 16.8 Å². The minimum Gasteiger partial charge on any atom is -0.452 e. The highest BCUT2D eigenvalue weighted by Crippen LogP contribution is 2.26. The lowest BCUT2D eigenvalue weighted by atomic mass is 9.86. The second kappa shape index (κ2) is 9.25. The molecular formula is C25H25FN2O3. The summed E-state index contributed by atoms with van der Waals surface area (Å²) in [7, 11) is 0. The number of benzene rings is 2. The van der Waals surface area contributed by atoms with Crippen LogP contribution in [0.5, 0.6) is 0 Å². The molecule has 1 saturated carbocycles. The van der Waals surface area contributed by atoms with E-state index in [1.54, 1.807) is 30.3 Å². The number of carbonyl (C=O) groups excluding carboxylic acids is 2. The van der Waals surface area contributed by atoms with Crippen LogP contribution in [-0.4, -0.2) is 29.5 Å². The third-order valence-electron chi connectivity index (χ3n) is 5.87. The summed E-state index contributed by atoms with van der Waals surface area (Å²) in [5, 5.41) is 3.63. The molecule has 5 nitrogen and oxygen atoms in total. The van der Waals surface area contributed by atoms with Crippen LogP contribution in [0.25, 0.3) is 22.2 Å². The van der Waals surface area contributed by atoms with E-state index in [1.807, 2.05) is 12.1 Å². The fraction of sp³-hybridized carbons (Fsp3) is 0.320. The molecule has 1 fully saturated rings. The first-order valence-corrected chi connectivity index (χ1v) is 10.6. The van der Waals surface area contributed by atoms with Gasteiger partial charge in [-0.3, -0.25) is 4.79 Å². The maximum Gasteiger partial charge on any atom is 0.339 e. The molecule has 4 rings (SSSR count). The Hall–Kier alpha value is -3.28. The van der Waals surface area contributed by atoms with Gasteiger partial charge in [-0.15, -0.1) is 0 Å². The highest BCUT2D eigenvalue weighted by molar-refractivity contribution is 6.05. The fourth-order valence-corrected chi connectivity index (χ4v) is 4.10. The van der Waals surface area contributed by atoms with Crippen LogP contribution in [-0.2, 0) is 9.53 Å². The second-order valence-corrected chi connectivity index (χ2v) is 8.09. The summed E-state index contributed by atoms with van der Waals surface area (Å²) < 4.78 is 18.6. The average molecular weight is 420 g/mol. The highest BCUT2D eigenvalue weighted by Gasteiger charge is 2.23. The zero-order chi connectivity index (χ0) is 21.8. The predicted molar refractivity (Wildman–Crippen MR) is 117 cm³/mol. The fourth-order valence-electron chi connectivity index (χ4n) is 4.10. The first-order valence-electron chi connectivity index (χ1n) is 10.6. The van der Waals surface area contributed by atoms with Crippen molar-refractivity contribution in [3.05, 3.63) is 66.0 Å². The third kappa shape index (κ3) is 4.90. The van der Waals surface area contributed by atoms with Gasteiger partial charge in [0.1, 0.15) is 5.82 Å². The molecule has 0 radical (unpaired) electrons. The second-order valence-electron chi connectivity index (χ2n) is 8.09. The molecular weight excluding hydrogens is 395 g/mol. The number of amides is 1. The number of aromatic nitrogens is 1. The molecule has 31 heavy (non-hydrogen) atoms. The number of fused-ring (bicyclic) bond motifs is 1. The normalized spacial score (nSPS) is 18.5. The third-order valence-corrected chi connectivity index (χ3v) is 5.87. The van der Waals surface area contributed by atoms with Crippen molar-refractivity contribution >= 4 is 22.8 Å². The molecule has 0 unspecified atom stereocenters. The van der Waals surface area contributed by atoms with Crippen LogP contribution < -0.4 is 5.32 Å². The quantitative estimate of drug-likeness (QED) is 0.597. The molecule has 1 aromatic heterocycles. The molecule has 2 atom stereocenters. The maximum absolute atomic E-state index is 13.3. The number of hydrogen-bond donors (Lipinski definition) is 1. The van der Waals surface area contributed by atoms with Gasteiger partial charge < -0.3 is 10.1 Å². The van der Waals surface area contributed by atoms with Gasteiger partial charge in [-0.1, -0.05) is 38.0 Å². The van der Waals surface area contributed by atoms with Gasteiger partial charge in [0.2, 0.25) is 0 Å². The summed E-state index contributed by atoms with van der Waals surface area (Å²) in [5.41, 5.74) is 2.16. The molecule has 0 bridgehead atoms. The molecule has 160 valence electrons. The van der Waals surface area contributed by atoms with Gasteiger partial charge in [0, 0.05) is 17.0 Å². The zero-order valence-electron chi connectivity index (χ0n) is 17.4. The number of esters is 1. The lowest BCUT2D eigenvalue weighted by Gasteiger charge is -2.29. The highest BCUT2D eigenvalue weighted by atomic mass is 19.1. The Kier molecular flexibility index (Phi) is 6.26. The Balaban J connectivity index is 1.52. The number of rotatable bonds is 5. The van der Waals surface area contributed by atoms with E-state index in [4.69, 9.17) is 4.74 Å². The van der Waals surface area contributed by atoms with Crippen LogP contribution >= 0.6 is 0 Å². The van der Waals surface area contributed by atoms with Crippen molar-refractivity contribution in [2.75, 3.05) is 6.61 Å². The van der Waals surface area contributed by atoms with E-state index in [1.165, 1.54) is 18.6 Å². The number of halogens is 1. The van der Waals surface area contributed by atoms with Crippen molar-refractivity contribution in [2.45, 2.75) is 38.6 Å². The molecule has 1 N–H and O–H groups in total. The molecule has 0 aliphatic heterocycles. The molecule has 1 aliphatic rings. The van der Waals surface area contributed by atoms with E-state index in [2.05, 4.69) is 17.2 Å². The molecule has 6 heteroatoms. The van der Waals surface area contributed by atoms with Crippen LogP contribution in [0.2, 0.25) is 0 Å². The van der Waals surface area contributed by atoms with E-state index >= 15 is 0 Å². The standard InChI is InChI=1S/C25H25FN2O3/c1-16-6-2-4-8-21(16)28-24(29)15-31-25(30)20-14-23(17-10-12-18(26)13-11-17)27-22-9-5-3-7-19(20)22/h3,5,7,9-14,16,21H,2,4,6,8,15H2,1H3,(H,28,29)/t16-,21+/m1/s1. The van der Waals surface area contributed by atoms with E-state index in [0.29, 0.717) is 33.6 Å². The Morgan fingerprint density at radius 1 is 1.10 bits per heavy atom. The van der Waals surface area contributed by atoms with Crippen molar-refractivity contribution in [2.24, 2.45) is 5.92 Å². The Labute approximate surface area is 180 Å². The first-order chi connectivity index (χ1) is 15.0. The smallest absolute Gasteiger partial charge is 0.339 e. The summed E-state index contributed by atoms with van der Waals surface area (Å²) >= 11 is 0. The van der Waals surface area contributed by atoms with Crippen LogP contribution in [0.15, 0.2) is 54.6 Å². The van der Waals surface area contributed by atoms with Crippen LogP contribution in [0, 0.1) is 11.7 Å². The van der Waals surface area contributed by atoms with Gasteiger partial charge in [0.25, 0.3) is 5.91 Å². The number of hydrogen-bond acceptors (Lipinski definition) is 4. The molecule has 0 saturated heterocycles. The van der Waals surface area contributed by atoms with Crippen LogP contribution in [0.1, 0.15) is 43.0 Å². The van der Waals surface area contributed by atoms with Gasteiger partial charge in [-0.25, -0.2) is 14.2 Å². The summed E-state index contributed by atoms with van der Waals surface area (Å²) in [4.78, 5) is 29.8. The number of ether oxygens (including phenoxy) is 1. The lowest BCUT2D eigenvalue weighted by Crippen LogP contribution is -2.42. The molecule has 1 aliphatic carbocycles. The Morgan fingerprint density at radius 2 is 1.84 bits per heavy atom. The number of carbonyl (C=O) groups is 2. The first kappa shape index (κ1) is 21.0. The van der Waals surface area contributed by atoms with Gasteiger partial charge >= 0.3 is 5.97 Å². The van der Waals surface area contributed by atoms with Crippen LogP contribution in [0.4, 0.5) is 4.39 Å². The minimum absolute atomic E-state index is 0.131. The molecule has 2 aromatic carbocycles. The summed E-state index contributed by atoms with van der Waals surface area (Å²) in [6.07, 6.45) is 4.34. The summed E-state index contributed by atoms with van der Waals surface area (Å²) in [6, 6.07) is 14.9. The Bertz CT molecular complexity index is 1100. The molecule has 1 amide bonds. The number of nitrogens with zero attached hydrogens (tertiary/aromatic N) is 1. The topological polar surface area (TPSA) is 68.3 Å². The zero-order valence-corrected chi connectivity index (χ0v) is 17.4. The molecule has 0 spiro atoms. The van der Waals surface area contributed by atoms with Crippen molar-refractivity contribution in [3.8, 4) is 11.3 Å². The average Bonchev–Trinajstić information content (AvgIpc) is 2.79. The maximum atomic E-state index is 13.3. The van der Waals surface area contributed by atoms with Crippen molar-refractivity contribution in [1.29, 1.82) is 0 Å². The number of pyridine rings is 1. The van der Waals surface area contributed by atoms with E-state index in [0.717, 1.165) is 19.3 Å². The van der Waals surface area contributed by atoms with Crippen molar-refractivity contribution in [1.82, 2.24) is 10.3 Å².